The Morgan fingerprint density at radius 1 is 0.944 bits per heavy atom. The van der Waals surface area contributed by atoms with Crippen molar-refractivity contribution in [1.29, 1.82) is 0 Å². The van der Waals surface area contributed by atoms with E-state index in [9.17, 15) is 4.79 Å². The second-order valence-corrected chi connectivity index (χ2v) is 9.13. The summed E-state index contributed by atoms with van der Waals surface area (Å²) in [6, 6.07) is 3.86. The van der Waals surface area contributed by atoms with Crippen LogP contribution in [0, 0.1) is 11.8 Å². The summed E-state index contributed by atoms with van der Waals surface area (Å²) in [6.45, 7) is 7.91. The number of carbonyl (C=O) groups excluding carboxylic acids is 1. The van der Waals surface area contributed by atoms with E-state index in [0.717, 1.165) is 16.7 Å². The molecule has 0 spiro atoms. The van der Waals surface area contributed by atoms with E-state index in [1.807, 2.05) is 19.1 Å². The van der Waals surface area contributed by atoms with Crippen LogP contribution in [0.4, 0.5) is 0 Å². The highest BCUT2D eigenvalue weighted by atomic mass is 16.7. The first-order valence-electron chi connectivity index (χ1n) is 12.0. The molecule has 0 saturated heterocycles. The average molecular weight is 499 g/mol. The van der Waals surface area contributed by atoms with E-state index in [2.05, 4.69) is 13.8 Å². The summed E-state index contributed by atoms with van der Waals surface area (Å²) in [5.74, 6) is 2.78. The monoisotopic (exact) mass is 498 g/mol. The van der Waals surface area contributed by atoms with Crippen molar-refractivity contribution in [1.82, 2.24) is 0 Å². The molecule has 0 radical (unpaired) electrons. The van der Waals surface area contributed by atoms with Gasteiger partial charge in [-0.25, -0.2) is 4.79 Å². The molecule has 0 aromatic heterocycles. The Kier molecular flexibility index (Phi) is 7.24. The zero-order valence-electron chi connectivity index (χ0n) is 22.1. The molecule has 1 unspecified atom stereocenters. The summed E-state index contributed by atoms with van der Waals surface area (Å²) in [5.41, 5.74) is 3.77. The van der Waals surface area contributed by atoms with Crippen molar-refractivity contribution < 1.29 is 38.0 Å². The zero-order chi connectivity index (χ0) is 26.1. The predicted molar refractivity (Wildman–Crippen MR) is 135 cm³/mol. The molecule has 3 atom stereocenters. The minimum absolute atomic E-state index is 0.0373. The van der Waals surface area contributed by atoms with Gasteiger partial charge in [0.25, 0.3) is 0 Å². The van der Waals surface area contributed by atoms with Crippen molar-refractivity contribution in [3.8, 4) is 45.6 Å². The van der Waals surface area contributed by atoms with Crippen LogP contribution in [0.1, 0.15) is 44.9 Å². The average Bonchev–Trinajstić information content (AvgIpc) is 3.36. The van der Waals surface area contributed by atoms with Gasteiger partial charge in [0.15, 0.2) is 23.0 Å². The Labute approximate surface area is 212 Å². The normalized spacial score (nSPS) is 20.4. The number of esters is 1. The molecule has 0 bridgehead atoms. The molecule has 0 saturated carbocycles. The van der Waals surface area contributed by atoms with Crippen molar-refractivity contribution in [2.75, 3.05) is 35.2 Å². The number of hydrogen-bond acceptors (Lipinski definition) is 8. The second-order valence-electron chi connectivity index (χ2n) is 9.13. The van der Waals surface area contributed by atoms with E-state index in [0.29, 0.717) is 52.1 Å². The van der Waals surface area contributed by atoms with Crippen molar-refractivity contribution in [2.24, 2.45) is 11.8 Å². The molecule has 8 nitrogen and oxygen atoms in total. The minimum atomic E-state index is -0.589. The van der Waals surface area contributed by atoms with Gasteiger partial charge in [-0.3, -0.25) is 0 Å². The lowest BCUT2D eigenvalue weighted by Gasteiger charge is -2.35. The molecule has 0 N–H and O–H groups in total. The van der Waals surface area contributed by atoms with Crippen molar-refractivity contribution in [3.63, 3.8) is 0 Å². The molecule has 4 rings (SSSR count). The SMILES string of the molecule is C/C=C(/C)C(=O)OC1c2cc(OC)c(OC)c(OC)c2-c2c(cc3c(c2OC)OCO3)C[C@H](C)[C@@H]1C. The van der Waals surface area contributed by atoms with Gasteiger partial charge in [0, 0.05) is 28.2 Å². The molecule has 2 aromatic rings. The fraction of sp³-hybridized carbons (Fsp3) is 0.464. The van der Waals surface area contributed by atoms with Gasteiger partial charge in [0.2, 0.25) is 18.3 Å². The summed E-state index contributed by atoms with van der Waals surface area (Å²) in [6.07, 6.45) is 1.85. The lowest BCUT2D eigenvalue weighted by Crippen LogP contribution is -2.27. The maximum atomic E-state index is 13.0. The van der Waals surface area contributed by atoms with Crippen LogP contribution >= 0.6 is 0 Å². The van der Waals surface area contributed by atoms with Crippen LogP contribution in [0.3, 0.4) is 0 Å². The molecule has 1 aliphatic heterocycles. The second kappa shape index (κ2) is 10.2. The lowest BCUT2D eigenvalue weighted by molar-refractivity contribution is -0.148. The van der Waals surface area contributed by atoms with E-state index < -0.39 is 6.10 Å². The number of hydrogen-bond donors (Lipinski definition) is 0. The summed E-state index contributed by atoms with van der Waals surface area (Å²) < 4.78 is 41.0. The quantitative estimate of drug-likeness (QED) is 0.382. The topological polar surface area (TPSA) is 81.7 Å². The van der Waals surface area contributed by atoms with Crippen LogP contribution in [0.2, 0.25) is 0 Å². The van der Waals surface area contributed by atoms with Gasteiger partial charge < -0.3 is 33.2 Å². The Bertz CT molecular complexity index is 1200. The lowest BCUT2D eigenvalue weighted by atomic mass is 9.75. The van der Waals surface area contributed by atoms with Gasteiger partial charge >= 0.3 is 5.97 Å². The van der Waals surface area contributed by atoms with Gasteiger partial charge in [-0.1, -0.05) is 19.9 Å². The van der Waals surface area contributed by atoms with E-state index in [4.69, 9.17) is 33.2 Å². The molecular formula is C28H34O8. The van der Waals surface area contributed by atoms with Crippen LogP contribution in [0.25, 0.3) is 11.1 Å². The van der Waals surface area contributed by atoms with Gasteiger partial charge in [-0.15, -0.1) is 0 Å². The molecule has 1 heterocycles. The molecule has 1 aliphatic carbocycles. The third kappa shape index (κ3) is 4.08. The van der Waals surface area contributed by atoms with E-state index in [1.165, 1.54) is 0 Å². The van der Waals surface area contributed by atoms with E-state index in [-0.39, 0.29) is 24.6 Å². The van der Waals surface area contributed by atoms with Gasteiger partial charge in [0.05, 0.1) is 28.4 Å². The van der Waals surface area contributed by atoms with Crippen LogP contribution in [0.5, 0.6) is 34.5 Å². The molecule has 8 heteroatoms. The Hall–Kier alpha value is -3.55. The van der Waals surface area contributed by atoms with Crippen LogP contribution in [-0.2, 0) is 16.0 Å². The summed E-state index contributed by atoms with van der Waals surface area (Å²) >= 11 is 0. The van der Waals surface area contributed by atoms with Crippen molar-refractivity contribution in [3.05, 3.63) is 34.9 Å². The summed E-state index contributed by atoms with van der Waals surface area (Å²) in [7, 11) is 6.30. The molecule has 0 fully saturated rings. The fourth-order valence-electron chi connectivity index (χ4n) is 4.96. The summed E-state index contributed by atoms with van der Waals surface area (Å²) in [5, 5.41) is 0. The highest BCUT2D eigenvalue weighted by Gasteiger charge is 2.39. The number of fused-ring (bicyclic) bond motifs is 4. The maximum absolute atomic E-state index is 13.0. The summed E-state index contributed by atoms with van der Waals surface area (Å²) in [4.78, 5) is 13.0. The molecule has 0 amide bonds. The molecule has 2 aliphatic rings. The molecule has 194 valence electrons. The smallest absolute Gasteiger partial charge is 0.333 e. The fourth-order valence-corrected chi connectivity index (χ4v) is 4.96. The first kappa shape index (κ1) is 25.5. The minimum Gasteiger partial charge on any atom is -0.493 e. The van der Waals surface area contributed by atoms with Crippen LogP contribution in [0.15, 0.2) is 23.8 Å². The van der Waals surface area contributed by atoms with Crippen molar-refractivity contribution in [2.45, 2.75) is 40.2 Å². The standard InChI is InChI=1S/C28H34O8/c1-9-14(2)28(29)36-23-16(4)15(3)10-17-11-20-25(35-13-34-20)26(32-7)21(17)22-18(23)12-19(30-5)24(31-6)27(22)33-8/h9,11-12,15-16,23H,10,13H2,1-8H3/b14-9-/t15-,16-,23?/m0/s1. The number of benzene rings is 2. The van der Waals surface area contributed by atoms with Crippen molar-refractivity contribution >= 4 is 5.97 Å². The Morgan fingerprint density at radius 2 is 1.64 bits per heavy atom. The Balaban J connectivity index is 2.13. The number of carbonyl (C=O) groups is 1. The van der Waals surface area contributed by atoms with E-state index in [1.54, 1.807) is 41.4 Å². The number of ether oxygens (including phenoxy) is 7. The zero-order valence-corrected chi connectivity index (χ0v) is 22.1. The predicted octanol–water partition coefficient (Wildman–Crippen LogP) is 5.50. The third-order valence-corrected chi connectivity index (χ3v) is 7.23. The highest BCUT2D eigenvalue weighted by Crippen LogP contribution is 2.58. The molecule has 36 heavy (non-hydrogen) atoms. The number of rotatable bonds is 6. The third-order valence-electron chi connectivity index (χ3n) is 7.23. The molecular weight excluding hydrogens is 464 g/mol. The van der Waals surface area contributed by atoms with Gasteiger partial charge in [-0.2, -0.15) is 0 Å². The highest BCUT2D eigenvalue weighted by molar-refractivity contribution is 5.90. The maximum Gasteiger partial charge on any atom is 0.333 e. The Morgan fingerprint density at radius 3 is 2.25 bits per heavy atom. The van der Waals surface area contributed by atoms with Gasteiger partial charge in [0.1, 0.15) is 6.10 Å². The number of allylic oxidation sites excluding steroid dienone is 1. The molecule has 2 aromatic carbocycles. The van der Waals surface area contributed by atoms with E-state index >= 15 is 0 Å². The number of methoxy groups -OCH3 is 4. The first-order chi connectivity index (χ1) is 17.3. The first-order valence-corrected chi connectivity index (χ1v) is 12.0. The van der Waals surface area contributed by atoms with Crippen LogP contribution < -0.4 is 28.4 Å². The van der Waals surface area contributed by atoms with Gasteiger partial charge in [-0.05, 0) is 43.9 Å². The largest absolute Gasteiger partial charge is 0.493 e. The van der Waals surface area contributed by atoms with Crippen LogP contribution in [-0.4, -0.2) is 41.2 Å².